The number of aliphatic hydroxyl groups is 1. The summed E-state index contributed by atoms with van der Waals surface area (Å²) < 4.78 is 0. The van der Waals surface area contributed by atoms with Gasteiger partial charge < -0.3 is 10.8 Å². The minimum absolute atomic E-state index is 0.214. The van der Waals surface area contributed by atoms with Gasteiger partial charge in [-0.25, -0.2) is 0 Å². The van der Waals surface area contributed by atoms with E-state index in [0.717, 1.165) is 5.56 Å². The van der Waals surface area contributed by atoms with Crippen molar-refractivity contribution in [2.24, 2.45) is 11.7 Å². The van der Waals surface area contributed by atoms with E-state index in [1.54, 1.807) is 12.1 Å². The number of nitrogens with two attached hydrogens (primary N) is 1. The third-order valence-electron chi connectivity index (χ3n) is 2.45. The van der Waals surface area contributed by atoms with Gasteiger partial charge >= 0.3 is 0 Å². The summed E-state index contributed by atoms with van der Waals surface area (Å²) in [5.41, 5.74) is 5.48. The SMILES string of the molecule is CC(C)CC(O)(CN)c1cccc(Cl)c1. The molecule has 1 aromatic rings. The molecule has 0 fully saturated rings. The topological polar surface area (TPSA) is 46.2 Å². The van der Waals surface area contributed by atoms with Crippen LogP contribution in [0, 0.1) is 5.92 Å². The van der Waals surface area contributed by atoms with Crippen molar-refractivity contribution in [3.63, 3.8) is 0 Å². The van der Waals surface area contributed by atoms with Crippen molar-refractivity contribution in [3.05, 3.63) is 34.9 Å². The quantitative estimate of drug-likeness (QED) is 0.831. The van der Waals surface area contributed by atoms with Crippen molar-refractivity contribution < 1.29 is 5.11 Å². The van der Waals surface area contributed by atoms with Crippen LogP contribution >= 0.6 is 11.6 Å². The Hall–Kier alpha value is -0.570. The molecule has 0 spiro atoms. The molecular formula is C12H18ClNO. The van der Waals surface area contributed by atoms with Gasteiger partial charge in [-0.3, -0.25) is 0 Å². The number of benzene rings is 1. The van der Waals surface area contributed by atoms with Gasteiger partial charge in [-0.05, 0) is 30.0 Å². The Bertz CT molecular complexity index is 327. The zero-order valence-electron chi connectivity index (χ0n) is 9.20. The molecule has 0 heterocycles. The smallest absolute Gasteiger partial charge is 0.102 e. The summed E-state index contributed by atoms with van der Waals surface area (Å²) in [6.45, 7) is 4.34. The van der Waals surface area contributed by atoms with Crippen molar-refractivity contribution in [1.29, 1.82) is 0 Å². The molecule has 0 amide bonds. The fourth-order valence-corrected chi connectivity index (χ4v) is 1.96. The minimum atomic E-state index is -0.959. The number of halogens is 1. The summed E-state index contributed by atoms with van der Waals surface area (Å²) in [4.78, 5) is 0. The highest BCUT2D eigenvalue weighted by atomic mass is 35.5. The monoisotopic (exact) mass is 227 g/mol. The van der Waals surface area contributed by atoms with E-state index in [1.807, 2.05) is 12.1 Å². The molecule has 1 unspecified atom stereocenters. The summed E-state index contributed by atoms with van der Waals surface area (Å²) in [6.07, 6.45) is 0.643. The summed E-state index contributed by atoms with van der Waals surface area (Å²) in [5.74, 6) is 0.387. The van der Waals surface area contributed by atoms with Crippen LogP contribution in [0.5, 0.6) is 0 Å². The second-order valence-electron chi connectivity index (χ2n) is 4.34. The van der Waals surface area contributed by atoms with Crippen molar-refractivity contribution >= 4 is 11.6 Å². The molecule has 0 saturated carbocycles. The molecule has 0 aliphatic rings. The van der Waals surface area contributed by atoms with Crippen LogP contribution in [0.15, 0.2) is 24.3 Å². The first-order valence-corrected chi connectivity index (χ1v) is 5.54. The van der Waals surface area contributed by atoms with Gasteiger partial charge in [0.1, 0.15) is 5.60 Å². The molecule has 0 aliphatic heterocycles. The van der Waals surface area contributed by atoms with E-state index in [9.17, 15) is 5.11 Å². The lowest BCUT2D eigenvalue weighted by molar-refractivity contribution is 0.0243. The van der Waals surface area contributed by atoms with Crippen molar-refractivity contribution in [3.8, 4) is 0 Å². The van der Waals surface area contributed by atoms with E-state index in [2.05, 4.69) is 13.8 Å². The maximum absolute atomic E-state index is 10.4. The first-order valence-electron chi connectivity index (χ1n) is 5.16. The number of hydrogen-bond acceptors (Lipinski definition) is 2. The maximum Gasteiger partial charge on any atom is 0.102 e. The molecule has 84 valence electrons. The predicted octanol–water partition coefficient (Wildman–Crippen LogP) is 2.53. The highest BCUT2D eigenvalue weighted by Crippen LogP contribution is 2.29. The number of rotatable bonds is 4. The van der Waals surface area contributed by atoms with Crippen LogP contribution in [-0.4, -0.2) is 11.7 Å². The van der Waals surface area contributed by atoms with E-state index in [1.165, 1.54) is 0 Å². The fraction of sp³-hybridized carbons (Fsp3) is 0.500. The van der Waals surface area contributed by atoms with Crippen LogP contribution in [-0.2, 0) is 5.60 Å². The van der Waals surface area contributed by atoms with Crippen LogP contribution < -0.4 is 5.73 Å². The van der Waals surface area contributed by atoms with E-state index >= 15 is 0 Å². The first kappa shape index (κ1) is 12.5. The zero-order chi connectivity index (χ0) is 11.5. The molecule has 1 aromatic carbocycles. The van der Waals surface area contributed by atoms with Crippen molar-refractivity contribution in [1.82, 2.24) is 0 Å². The Kier molecular flexibility index (Phi) is 4.14. The summed E-state index contributed by atoms with van der Waals surface area (Å²) in [7, 11) is 0. The van der Waals surface area contributed by atoms with E-state index in [-0.39, 0.29) is 6.54 Å². The maximum atomic E-state index is 10.4. The third kappa shape index (κ3) is 3.20. The van der Waals surface area contributed by atoms with Crippen LogP contribution in [0.1, 0.15) is 25.8 Å². The van der Waals surface area contributed by atoms with Crippen LogP contribution in [0.3, 0.4) is 0 Å². The Morgan fingerprint density at radius 1 is 1.47 bits per heavy atom. The molecule has 1 atom stereocenters. The van der Waals surface area contributed by atoms with Crippen LogP contribution in [0.4, 0.5) is 0 Å². The molecule has 0 bridgehead atoms. The summed E-state index contributed by atoms with van der Waals surface area (Å²) in [5, 5.41) is 11.0. The summed E-state index contributed by atoms with van der Waals surface area (Å²) >= 11 is 5.89. The second-order valence-corrected chi connectivity index (χ2v) is 4.78. The molecule has 2 nitrogen and oxygen atoms in total. The van der Waals surface area contributed by atoms with Crippen LogP contribution in [0.25, 0.3) is 0 Å². The molecule has 0 aromatic heterocycles. The Labute approximate surface area is 96.1 Å². The Morgan fingerprint density at radius 3 is 2.60 bits per heavy atom. The highest BCUT2D eigenvalue weighted by molar-refractivity contribution is 6.30. The van der Waals surface area contributed by atoms with Gasteiger partial charge in [0.15, 0.2) is 0 Å². The molecule has 1 rings (SSSR count). The Morgan fingerprint density at radius 2 is 2.13 bits per heavy atom. The lowest BCUT2D eigenvalue weighted by Crippen LogP contribution is -2.36. The third-order valence-corrected chi connectivity index (χ3v) is 2.68. The van der Waals surface area contributed by atoms with Gasteiger partial charge in [-0.2, -0.15) is 0 Å². The van der Waals surface area contributed by atoms with Crippen LogP contribution in [0.2, 0.25) is 5.02 Å². The molecule has 0 radical (unpaired) electrons. The minimum Gasteiger partial charge on any atom is -0.384 e. The normalized spacial score (nSPS) is 15.3. The molecule has 0 saturated heterocycles. The molecule has 15 heavy (non-hydrogen) atoms. The fourth-order valence-electron chi connectivity index (χ4n) is 1.77. The summed E-state index contributed by atoms with van der Waals surface area (Å²) in [6, 6.07) is 7.26. The number of hydrogen-bond donors (Lipinski definition) is 2. The van der Waals surface area contributed by atoms with Gasteiger partial charge in [0.05, 0.1) is 0 Å². The standard InChI is InChI=1S/C12H18ClNO/c1-9(2)7-12(15,8-14)10-4-3-5-11(13)6-10/h3-6,9,15H,7-8,14H2,1-2H3. The van der Waals surface area contributed by atoms with Crippen molar-refractivity contribution in [2.75, 3.05) is 6.54 Å². The van der Waals surface area contributed by atoms with E-state index in [4.69, 9.17) is 17.3 Å². The van der Waals surface area contributed by atoms with Gasteiger partial charge in [-0.15, -0.1) is 0 Å². The average molecular weight is 228 g/mol. The molecule has 0 aliphatic carbocycles. The van der Waals surface area contributed by atoms with Gasteiger partial charge in [0.2, 0.25) is 0 Å². The predicted molar refractivity (Wildman–Crippen MR) is 63.9 cm³/mol. The second kappa shape index (κ2) is 4.97. The van der Waals surface area contributed by atoms with Gasteiger partial charge in [0.25, 0.3) is 0 Å². The lowest BCUT2D eigenvalue weighted by Gasteiger charge is -2.29. The molecular weight excluding hydrogens is 210 g/mol. The largest absolute Gasteiger partial charge is 0.384 e. The van der Waals surface area contributed by atoms with Crippen molar-refractivity contribution in [2.45, 2.75) is 25.9 Å². The highest BCUT2D eigenvalue weighted by Gasteiger charge is 2.28. The van der Waals surface area contributed by atoms with E-state index < -0.39 is 5.60 Å². The van der Waals surface area contributed by atoms with Gasteiger partial charge in [-0.1, -0.05) is 37.6 Å². The zero-order valence-corrected chi connectivity index (χ0v) is 9.96. The first-order chi connectivity index (χ1) is 6.98. The molecule has 3 N–H and O–H groups in total. The lowest BCUT2D eigenvalue weighted by atomic mass is 9.86. The van der Waals surface area contributed by atoms with E-state index in [0.29, 0.717) is 17.4 Å². The average Bonchev–Trinajstić information content (AvgIpc) is 2.16. The Balaban J connectivity index is 3.00. The van der Waals surface area contributed by atoms with Gasteiger partial charge in [0, 0.05) is 11.6 Å². The molecule has 3 heteroatoms.